The smallest absolute Gasteiger partial charge is 0.259 e. The van der Waals surface area contributed by atoms with Crippen LogP contribution in [0, 0.1) is 0 Å². The lowest BCUT2D eigenvalue weighted by Crippen LogP contribution is -2.25. The molecule has 0 atom stereocenters. The number of hydrogen-bond donors (Lipinski definition) is 2. The van der Waals surface area contributed by atoms with Crippen LogP contribution in [0.15, 0.2) is 84.1 Å². The van der Waals surface area contributed by atoms with E-state index >= 15 is 0 Å². The fourth-order valence-electron chi connectivity index (χ4n) is 3.28. The Morgan fingerprint density at radius 1 is 0.968 bits per heavy atom. The second-order valence-corrected chi connectivity index (χ2v) is 7.82. The monoisotopic (exact) mass is 450 g/mol. The Hall–Kier alpha value is -3.28. The van der Waals surface area contributed by atoms with Crippen molar-refractivity contribution in [2.75, 3.05) is 11.9 Å². The number of amides is 1. The number of carbonyl (C=O) groups is 1. The normalized spacial score (nSPS) is 11.2. The van der Waals surface area contributed by atoms with Gasteiger partial charge in [-0.15, -0.1) is 0 Å². The molecular formula is C24H20Cl2N4O. The maximum atomic E-state index is 12.1. The molecule has 156 valence electrons. The molecule has 1 aromatic heterocycles. The predicted octanol–water partition coefficient (Wildman–Crippen LogP) is 5.56. The van der Waals surface area contributed by atoms with Crippen LogP contribution in [0.4, 0.5) is 5.69 Å². The molecule has 1 heterocycles. The first-order valence-electron chi connectivity index (χ1n) is 9.73. The van der Waals surface area contributed by atoms with Gasteiger partial charge in [0, 0.05) is 44.9 Å². The van der Waals surface area contributed by atoms with Crippen molar-refractivity contribution in [3.05, 3.63) is 100 Å². The second kappa shape index (κ2) is 9.69. The Morgan fingerprint density at radius 3 is 2.52 bits per heavy atom. The molecule has 0 bridgehead atoms. The summed E-state index contributed by atoms with van der Waals surface area (Å²) in [5.41, 5.74) is 6.39. The van der Waals surface area contributed by atoms with Gasteiger partial charge in [-0.2, -0.15) is 5.10 Å². The zero-order valence-electron chi connectivity index (χ0n) is 16.6. The molecule has 0 spiro atoms. The van der Waals surface area contributed by atoms with Crippen molar-refractivity contribution in [1.82, 2.24) is 9.99 Å². The molecule has 0 aliphatic carbocycles. The molecule has 0 unspecified atom stereocenters. The van der Waals surface area contributed by atoms with Gasteiger partial charge in [0.15, 0.2) is 0 Å². The third-order valence-corrected chi connectivity index (χ3v) is 5.43. The Kier molecular flexibility index (Phi) is 6.55. The molecule has 0 fully saturated rings. The number of hydrogen-bond acceptors (Lipinski definition) is 3. The fraction of sp³-hybridized carbons (Fsp3) is 0.0833. The summed E-state index contributed by atoms with van der Waals surface area (Å²) in [7, 11) is 0. The van der Waals surface area contributed by atoms with E-state index in [2.05, 4.69) is 26.5 Å². The van der Waals surface area contributed by atoms with Gasteiger partial charge < -0.3 is 9.88 Å². The number of rotatable bonds is 7. The van der Waals surface area contributed by atoms with Gasteiger partial charge in [0.2, 0.25) is 0 Å². The Balaban J connectivity index is 1.44. The Bertz CT molecular complexity index is 1230. The lowest BCUT2D eigenvalue weighted by molar-refractivity contribution is -0.119. The number of benzene rings is 3. The van der Waals surface area contributed by atoms with Crippen LogP contribution in [0.2, 0.25) is 10.0 Å². The predicted molar refractivity (Wildman–Crippen MR) is 128 cm³/mol. The first kappa shape index (κ1) is 21.0. The van der Waals surface area contributed by atoms with Gasteiger partial charge in [-0.25, -0.2) is 5.43 Å². The van der Waals surface area contributed by atoms with Gasteiger partial charge in [-0.3, -0.25) is 4.79 Å². The average molecular weight is 451 g/mol. The number of para-hydroxylation sites is 1. The molecule has 0 aliphatic heterocycles. The van der Waals surface area contributed by atoms with Gasteiger partial charge in [0.1, 0.15) is 0 Å². The minimum atomic E-state index is -0.244. The van der Waals surface area contributed by atoms with Crippen LogP contribution in [0.3, 0.4) is 0 Å². The van der Waals surface area contributed by atoms with E-state index in [1.165, 1.54) is 0 Å². The minimum Gasteiger partial charge on any atom is -0.376 e. The molecule has 3 aromatic carbocycles. The van der Waals surface area contributed by atoms with Crippen LogP contribution < -0.4 is 10.7 Å². The van der Waals surface area contributed by atoms with Gasteiger partial charge >= 0.3 is 0 Å². The first-order valence-corrected chi connectivity index (χ1v) is 10.5. The number of carbonyl (C=O) groups excluding carboxylic acids is 1. The largest absolute Gasteiger partial charge is 0.376 e. The Labute approximate surface area is 190 Å². The number of anilines is 1. The summed E-state index contributed by atoms with van der Waals surface area (Å²) in [6, 6.07) is 23.0. The molecule has 31 heavy (non-hydrogen) atoms. The lowest BCUT2D eigenvalue weighted by atomic mass is 10.2. The van der Waals surface area contributed by atoms with E-state index in [-0.39, 0.29) is 12.5 Å². The van der Waals surface area contributed by atoms with E-state index in [0.29, 0.717) is 11.6 Å². The summed E-state index contributed by atoms with van der Waals surface area (Å²) in [6.45, 7) is 0.749. The highest BCUT2D eigenvalue weighted by Crippen LogP contribution is 2.23. The first-order chi connectivity index (χ1) is 15.1. The van der Waals surface area contributed by atoms with E-state index in [1.807, 2.05) is 60.8 Å². The van der Waals surface area contributed by atoms with Crippen LogP contribution >= 0.6 is 23.2 Å². The topological polar surface area (TPSA) is 58.4 Å². The summed E-state index contributed by atoms with van der Waals surface area (Å²) in [5, 5.41) is 9.58. The molecular weight excluding hydrogens is 431 g/mol. The van der Waals surface area contributed by atoms with Crippen molar-refractivity contribution in [2.24, 2.45) is 5.10 Å². The van der Waals surface area contributed by atoms with Gasteiger partial charge in [0.25, 0.3) is 5.91 Å². The van der Waals surface area contributed by atoms with E-state index in [9.17, 15) is 4.79 Å². The molecule has 0 saturated heterocycles. The quantitative estimate of drug-likeness (QED) is 0.286. The SMILES string of the molecule is O=C(CNc1ccc(Cl)cc1)N/N=C\c1cn(Cc2ccccc2Cl)c2ccccc12. The summed E-state index contributed by atoms with van der Waals surface area (Å²) in [6.07, 6.45) is 3.67. The number of nitrogens with one attached hydrogen (secondary N) is 2. The molecule has 0 saturated carbocycles. The molecule has 0 radical (unpaired) electrons. The van der Waals surface area contributed by atoms with Gasteiger partial charge in [-0.05, 0) is 42.0 Å². The van der Waals surface area contributed by atoms with Gasteiger partial charge in [0.05, 0.1) is 12.8 Å². The Morgan fingerprint density at radius 2 is 1.71 bits per heavy atom. The summed E-state index contributed by atoms with van der Waals surface area (Å²) in [4.78, 5) is 12.1. The van der Waals surface area contributed by atoms with E-state index in [1.54, 1.807) is 18.3 Å². The highest BCUT2D eigenvalue weighted by atomic mass is 35.5. The third kappa shape index (κ3) is 5.26. The van der Waals surface area contributed by atoms with Crippen molar-refractivity contribution >= 4 is 51.9 Å². The van der Waals surface area contributed by atoms with Crippen LogP contribution in [0.25, 0.3) is 10.9 Å². The molecule has 2 N–H and O–H groups in total. The number of halogens is 2. The van der Waals surface area contributed by atoms with Crippen molar-refractivity contribution in [3.63, 3.8) is 0 Å². The van der Waals surface area contributed by atoms with Crippen molar-refractivity contribution in [3.8, 4) is 0 Å². The van der Waals surface area contributed by atoms with E-state index < -0.39 is 0 Å². The van der Waals surface area contributed by atoms with Crippen LogP contribution in [-0.2, 0) is 11.3 Å². The number of fused-ring (bicyclic) bond motifs is 1. The standard InChI is InChI=1S/C24H20Cl2N4O/c25-19-9-11-20(12-10-19)27-14-24(31)29-28-13-18-16-30(23-8-4-2-6-21(18)23)15-17-5-1-3-7-22(17)26/h1-13,16,27H,14-15H2,(H,29,31)/b28-13-. The minimum absolute atomic E-state index is 0.104. The van der Waals surface area contributed by atoms with E-state index in [0.717, 1.165) is 32.7 Å². The maximum Gasteiger partial charge on any atom is 0.259 e. The molecule has 0 aliphatic rings. The zero-order valence-corrected chi connectivity index (χ0v) is 18.1. The van der Waals surface area contributed by atoms with Crippen LogP contribution in [0.5, 0.6) is 0 Å². The highest BCUT2D eigenvalue weighted by molar-refractivity contribution is 6.31. The zero-order chi connectivity index (χ0) is 21.6. The maximum absolute atomic E-state index is 12.1. The highest BCUT2D eigenvalue weighted by Gasteiger charge is 2.09. The molecule has 7 heteroatoms. The summed E-state index contributed by atoms with van der Waals surface area (Å²) < 4.78 is 2.13. The fourth-order valence-corrected chi connectivity index (χ4v) is 3.60. The van der Waals surface area contributed by atoms with E-state index in [4.69, 9.17) is 23.2 Å². The van der Waals surface area contributed by atoms with Crippen LogP contribution in [-0.4, -0.2) is 23.2 Å². The number of hydrazone groups is 1. The van der Waals surface area contributed by atoms with Crippen molar-refractivity contribution in [1.29, 1.82) is 0 Å². The van der Waals surface area contributed by atoms with Crippen molar-refractivity contribution < 1.29 is 4.79 Å². The number of nitrogens with zero attached hydrogens (tertiary/aromatic N) is 2. The van der Waals surface area contributed by atoms with Crippen LogP contribution in [0.1, 0.15) is 11.1 Å². The molecule has 1 amide bonds. The molecule has 5 nitrogen and oxygen atoms in total. The molecule has 4 rings (SSSR count). The van der Waals surface area contributed by atoms with Crippen molar-refractivity contribution in [2.45, 2.75) is 6.54 Å². The molecule has 4 aromatic rings. The number of aromatic nitrogens is 1. The summed E-state index contributed by atoms with van der Waals surface area (Å²) >= 11 is 12.2. The average Bonchev–Trinajstić information content (AvgIpc) is 3.12. The summed E-state index contributed by atoms with van der Waals surface area (Å²) in [5.74, 6) is -0.244. The van der Waals surface area contributed by atoms with Gasteiger partial charge in [-0.1, -0.05) is 59.6 Å². The second-order valence-electron chi connectivity index (χ2n) is 6.97. The lowest BCUT2D eigenvalue weighted by Gasteiger charge is -2.07. The third-order valence-electron chi connectivity index (χ3n) is 4.81.